The van der Waals surface area contributed by atoms with Gasteiger partial charge in [0.15, 0.2) is 5.69 Å². The maximum Gasteiger partial charge on any atom is 0.360 e. The van der Waals surface area contributed by atoms with Gasteiger partial charge in [0.05, 0.1) is 12.8 Å². The van der Waals surface area contributed by atoms with Crippen LogP contribution in [0.5, 0.6) is 0 Å². The SMILES string of the molecule is CCOC(=O)c1cn(CC2CCCCNC2)nn1. The number of aromatic nitrogens is 3. The summed E-state index contributed by atoms with van der Waals surface area (Å²) in [6.07, 6.45) is 5.35. The van der Waals surface area contributed by atoms with Gasteiger partial charge in [-0.3, -0.25) is 4.68 Å². The van der Waals surface area contributed by atoms with Crippen LogP contribution < -0.4 is 5.32 Å². The molecule has 0 aromatic carbocycles. The minimum atomic E-state index is -0.400. The highest BCUT2D eigenvalue weighted by atomic mass is 16.5. The Balaban J connectivity index is 1.91. The molecule has 1 fully saturated rings. The molecule has 0 aliphatic carbocycles. The molecule has 0 amide bonds. The Morgan fingerprint density at radius 2 is 2.50 bits per heavy atom. The lowest BCUT2D eigenvalue weighted by Crippen LogP contribution is -2.24. The van der Waals surface area contributed by atoms with Crippen LogP contribution in [0, 0.1) is 5.92 Å². The van der Waals surface area contributed by atoms with Crippen molar-refractivity contribution >= 4 is 5.97 Å². The number of ether oxygens (including phenoxy) is 1. The molecule has 18 heavy (non-hydrogen) atoms. The zero-order chi connectivity index (χ0) is 12.8. The molecule has 0 radical (unpaired) electrons. The first-order valence-electron chi connectivity index (χ1n) is 6.57. The van der Waals surface area contributed by atoms with Gasteiger partial charge in [-0.15, -0.1) is 5.10 Å². The maximum atomic E-state index is 11.5. The van der Waals surface area contributed by atoms with Gasteiger partial charge in [-0.2, -0.15) is 0 Å². The highest BCUT2D eigenvalue weighted by Crippen LogP contribution is 2.13. The molecule has 1 N–H and O–H groups in total. The second-order valence-electron chi connectivity index (χ2n) is 4.61. The Bertz CT molecular complexity index is 383. The first-order valence-corrected chi connectivity index (χ1v) is 6.57. The quantitative estimate of drug-likeness (QED) is 0.804. The lowest BCUT2D eigenvalue weighted by atomic mass is 10.0. The largest absolute Gasteiger partial charge is 0.461 e. The van der Waals surface area contributed by atoms with Crippen LogP contribution in [0.4, 0.5) is 0 Å². The topological polar surface area (TPSA) is 69.0 Å². The van der Waals surface area contributed by atoms with Crippen LogP contribution in [0.15, 0.2) is 6.20 Å². The molecule has 100 valence electrons. The van der Waals surface area contributed by atoms with Crippen LogP contribution in [0.3, 0.4) is 0 Å². The predicted octanol–water partition coefficient (Wildman–Crippen LogP) is 0.844. The van der Waals surface area contributed by atoms with Crippen molar-refractivity contribution in [3.8, 4) is 0 Å². The number of rotatable bonds is 4. The van der Waals surface area contributed by atoms with Crippen LogP contribution in [0.25, 0.3) is 0 Å². The van der Waals surface area contributed by atoms with Crippen LogP contribution in [-0.2, 0) is 11.3 Å². The van der Waals surface area contributed by atoms with Crippen molar-refractivity contribution in [3.63, 3.8) is 0 Å². The summed E-state index contributed by atoms with van der Waals surface area (Å²) in [5.74, 6) is 0.159. The summed E-state index contributed by atoms with van der Waals surface area (Å²) in [7, 11) is 0. The van der Waals surface area contributed by atoms with Crippen LogP contribution >= 0.6 is 0 Å². The second-order valence-corrected chi connectivity index (χ2v) is 4.61. The summed E-state index contributed by atoms with van der Waals surface area (Å²) >= 11 is 0. The Kier molecular flexibility index (Phi) is 4.69. The van der Waals surface area contributed by atoms with Gasteiger partial charge in [0.25, 0.3) is 0 Å². The molecular weight excluding hydrogens is 232 g/mol. The zero-order valence-electron chi connectivity index (χ0n) is 10.8. The van der Waals surface area contributed by atoms with E-state index in [-0.39, 0.29) is 0 Å². The third-order valence-corrected chi connectivity index (χ3v) is 3.12. The van der Waals surface area contributed by atoms with Gasteiger partial charge in [-0.25, -0.2) is 4.79 Å². The standard InChI is InChI=1S/C12H20N4O2/c1-2-18-12(17)11-9-16(15-14-11)8-10-5-3-4-6-13-7-10/h9-10,13H,2-8H2,1H3. The van der Waals surface area contributed by atoms with Gasteiger partial charge in [0, 0.05) is 6.54 Å². The fourth-order valence-electron chi connectivity index (χ4n) is 2.20. The third-order valence-electron chi connectivity index (χ3n) is 3.12. The van der Waals surface area contributed by atoms with E-state index >= 15 is 0 Å². The number of carbonyl (C=O) groups excluding carboxylic acids is 1. The fraction of sp³-hybridized carbons (Fsp3) is 0.750. The fourth-order valence-corrected chi connectivity index (χ4v) is 2.20. The zero-order valence-corrected chi connectivity index (χ0v) is 10.8. The lowest BCUT2D eigenvalue weighted by molar-refractivity contribution is 0.0519. The van der Waals surface area contributed by atoms with Crippen molar-refractivity contribution in [1.29, 1.82) is 0 Å². The number of esters is 1. The van der Waals surface area contributed by atoms with Gasteiger partial charge in [-0.05, 0) is 38.8 Å². The van der Waals surface area contributed by atoms with E-state index in [1.165, 1.54) is 19.3 Å². The normalized spacial score (nSPS) is 20.4. The molecule has 0 saturated carbocycles. The van der Waals surface area contributed by atoms with E-state index in [0.29, 0.717) is 18.2 Å². The van der Waals surface area contributed by atoms with E-state index < -0.39 is 5.97 Å². The number of hydrogen-bond donors (Lipinski definition) is 1. The van der Waals surface area contributed by atoms with E-state index in [1.54, 1.807) is 17.8 Å². The molecule has 1 aliphatic rings. The smallest absolute Gasteiger partial charge is 0.360 e. The summed E-state index contributed by atoms with van der Waals surface area (Å²) in [5.41, 5.74) is 0.290. The monoisotopic (exact) mass is 252 g/mol. The molecule has 2 heterocycles. The molecule has 1 atom stereocenters. The van der Waals surface area contributed by atoms with Crippen LogP contribution in [-0.4, -0.2) is 40.7 Å². The second kappa shape index (κ2) is 6.49. The summed E-state index contributed by atoms with van der Waals surface area (Å²) in [4.78, 5) is 11.5. The number of nitrogens with one attached hydrogen (secondary N) is 1. The summed E-state index contributed by atoms with van der Waals surface area (Å²) in [6, 6.07) is 0. The molecule has 6 nitrogen and oxygen atoms in total. The Morgan fingerprint density at radius 1 is 1.61 bits per heavy atom. The van der Waals surface area contributed by atoms with Crippen LogP contribution in [0.2, 0.25) is 0 Å². The Morgan fingerprint density at radius 3 is 3.33 bits per heavy atom. The van der Waals surface area contributed by atoms with Crippen molar-refractivity contribution in [1.82, 2.24) is 20.3 Å². The van der Waals surface area contributed by atoms with E-state index in [9.17, 15) is 4.79 Å². The van der Waals surface area contributed by atoms with E-state index in [0.717, 1.165) is 19.6 Å². The van der Waals surface area contributed by atoms with Gasteiger partial charge in [-0.1, -0.05) is 11.6 Å². The first-order chi connectivity index (χ1) is 8.79. The molecule has 0 spiro atoms. The summed E-state index contributed by atoms with van der Waals surface area (Å²) < 4.78 is 6.62. The number of carbonyl (C=O) groups is 1. The van der Waals surface area contributed by atoms with E-state index in [4.69, 9.17) is 4.74 Å². The average Bonchev–Trinajstić information content (AvgIpc) is 2.67. The molecule has 2 rings (SSSR count). The van der Waals surface area contributed by atoms with Crippen molar-refractivity contribution in [3.05, 3.63) is 11.9 Å². The Hall–Kier alpha value is -1.43. The minimum absolute atomic E-state index is 0.290. The van der Waals surface area contributed by atoms with E-state index in [2.05, 4.69) is 15.6 Å². The molecule has 0 bridgehead atoms. The summed E-state index contributed by atoms with van der Waals surface area (Å²) in [5, 5.41) is 11.2. The molecule has 1 aromatic rings. The predicted molar refractivity (Wildman–Crippen MR) is 66.2 cm³/mol. The van der Waals surface area contributed by atoms with Crippen molar-refractivity contribution in [2.24, 2.45) is 5.92 Å². The van der Waals surface area contributed by atoms with Crippen molar-refractivity contribution < 1.29 is 9.53 Å². The lowest BCUT2D eigenvalue weighted by Gasteiger charge is -2.13. The average molecular weight is 252 g/mol. The van der Waals surface area contributed by atoms with Gasteiger partial charge in [0.1, 0.15) is 0 Å². The molecule has 1 saturated heterocycles. The molecule has 1 aromatic heterocycles. The molecule has 6 heteroatoms. The summed E-state index contributed by atoms with van der Waals surface area (Å²) in [6.45, 7) is 5.05. The Labute approximate surface area is 107 Å². The first kappa shape index (κ1) is 13.0. The van der Waals surface area contributed by atoms with Crippen molar-refractivity contribution in [2.75, 3.05) is 19.7 Å². The number of nitrogens with zero attached hydrogens (tertiary/aromatic N) is 3. The van der Waals surface area contributed by atoms with Gasteiger partial charge >= 0.3 is 5.97 Å². The molecule has 1 aliphatic heterocycles. The van der Waals surface area contributed by atoms with Gasteiger partial charge < -0.3 is 10.1 Å². The maximum absolute atomic E-state index is 11.5. The molecule has 1 unspecified atom stereocenters. The van der Waals surface area contributed by atoms with Gasteiger partial charge in [0.2, 0.25) is 0 Å². The highest BCUT2D eigenvalue weighted by Gasteiger charge is 2.16. The van der Waals surface area contributed by atoms with E-state index in [1.807, 2.05) is 0 Å². The third kappa shape index (κ3) is 3.53. The number of hydrogen-bond acceptors (Lipinski definition) is 5. The highest BCUT2D eigenvalue weighted by molar-refractivity contribution is 5.86. The van der Waals surface area contributed by atoms with Crippen molar-refractivity contribution in [2.45, 2.75) is 32.7 Å². The minimum Gasteiger partial charge on any atom is -0.461 e. The van der Waals surface area contributed by atoms with Crippen LogP contribution in [0.1, 0.15) is 36.7 Å². The molecular formula is C12H20N4O2.